The molecule has 4 rings (SSSR count). The van der Waals surface area contributed by atoms with Crippen molar-refractivity contribution in [1.29, 1.82) is 0 Å². The summed E-state index contributed by atoms with van der Waals surface area (Å²) < 4.78 is 26.0. The molecule has 166 valence electrons. The summed E-state index contributed by atoms with van der Waals surface area (Å²) in [7, 11) is -3.63. The molecule has 0 amide bonds. The van der Waals surface area contributed by atoms with E-state index in [1.165, 1.54) is 17.7 Å². The molecule has 7 nitrogen and oxygen atoms in total. The average Bonchev–Trinajstić information content (AvgIpc) is 2.81. The quantitative estimate of drug-likeness (QED) is 0.400. The number of benzene rings is 3. The lowest BCUT2D eigenvalue weighted by atomic mass is 10.1. The van der Waals surface area contributed by atoms with E-state index in [0.29, 0.717) is 5.56 Å². The van der Waals surface area contributed by atoms with E-state index in [1.54, 1.807) is 36.4 Å². The first-order valence-electron chi connectivity index (χ1n) is 10.5. The van der Waals surface area contributed by atoms with Crippen LogP contribution in [0.25, 0.3) is 0 Å². The van der Waals surface area contributed by atoms with E-state index in [1.807, 2.05) is 18.2 Å². The highest BCUT2D eigenvalue weighted by atomic mass is 32.2. The Kier molecular flexibility index (Phi) is 6.53. The first-order valence-corrected chi connectivity index (χ1v) is 12.1. The van der Waals surface area contributed by atoms with Crippen LogP contribution in [-0.2, 0) is 22.1 Å². The SMILES string of the molecule is O=[N+]([O-])c1ccc(N2CCN(Cc3ccccc3)CC2)c(CS(=O)(=O)c2ccccc2)c1. The monoisotopic (exact) mass is 451 g/mol. The Labute approximate surface area is 188 Å². The molecule has 8 heteroatoms. The Morgan fingerprint density at radius 2 is 1.47 bits per heavy atom. The van der Waals surface area contributed by atoms with E-state index in [0.717, 1.165) is 38.4 Å². The number of hydrogen-bond donors (Lipinski definition) is 0. The molecule has 0 aliphatic carbocycles. The summed E-state index contributed by atoms with van der Waals surface area (Å²) in [6, 6.07) is 23.0. The first kappa shape index (κ1) is 22.0. The molecule has 0 unspecified atom stereocenters. The number of nitro groups is 1. The van der Waals surface area contributed by atoms with Gasteiger partial charge < -0.3 is 4.90 Å². The summed E-state index contributed by atoms with van der Waals surface area (Å²) in [4.78, 5) is 15.5. The Bertz CT molecular complexity index is 1180. The van der Waals surface area contributed by atoms with Crippen LogP contribution < -0.4 is 4.90 Å². The molecule has 0 bridgehead atoms. The zero-order valence-electron chi connectivity index (χ0n) is 17.6. The lowest BCUT2D eigenvalue weighted by Gasteiger charge is -2.37. The number of rotatable bonds is 7. The molecule has 0 aromatic heterocycles. The van der Waals surface area contributed by atoms with E-state index in [4.69, 9.17) is 0 Å². The molecule has 0 saturated carbocycles. The third-order valence-corrected chi connectivity index (χ3v) is 7.37. The Morgan fingerprint density at radius 3 is 2.09 bits per heavy atom. The van der Waals surface area contributed by atoms with Gasteiger partial charge in [0.25, 0.3) is 5.69 Å². The molecule has 0 radical (unpaired) electrons. The maximum absolute atomic E-state index is 13.0. The van der Waals surface area contributed by atoms with Gasteiger partial charge >= 0.3 is 0 Å². The molecule has 32 heavy (non-hydrogen) atoms. The minimum Gasteiger partial charge on any atom is -0.369 e. The first-order chi connectivity index (χ1) is 15.4. The summed E-state index contributed by atoms with van der Waals surface area (Å²) in [5.41, 5.74) is 2.36. The third kappa shape index (κ3) is 5.15. The maximum Gasteiger partial charge on any atom is 0.269 e. The molecule has 0 spiro atoms. The highest BCUT2D eigenvalue weighted by Crippen LogP contribution is 2.30. The zero-order chi connectivity index (χ0) is 22.6. The molecule has 1 fully saturated rings. The van der Waals surface area contributed by atoms with Gasteiger partial charge in [-0.15, -0.1) is 0 Å². The van der Waals surface area contributed by atoms with Gasteiger partial charge in [-0.25, -0.2) is 8.42 Å². The largest absolute Gasteiger partial charge is 0.369 e. The predicted molar refractivity (Wildman–Crippen MR) is 124 cm³/mol. The minimum atomic E-state index is -3.63. The van der Waals surface area contributed by atoms with Gasteiger partial charge in [0.15, 0.2) is 9.84 Å². The lowest BCUT2D eigenvalue weighted by molar-refractivity contribution is -0.384. The highest BCUT2D eigenvalue weighted by Gasteiger charge is 2.24. The van der Waals surface area contributed by atoms with Gasteiger partial charge in [-0.3, -0.25) is 15.0 Å². The van der Waals surface area contributed by atoms with Gasteiger partial charge in [0, 0.05) is 50.5 Å². The van der Waals surface area contributed by atoms with Gasteiger partial charge in [0.05, 0.1) is 15.6 Å². The zero-order valence-corrected chi connectivity index (χ0v) is 18.4. The number of nitro benzene ring substituents is 1. The summed E-state index contributed by atoms with van der Waals surface area (Å²) in [6.45, 7) is 3.98. The molecule has 1 heterocycles. The second-order valence-corrected chi connectivity index (χ2v) is 9.88. The van der Waals surface area contributed by atoms with Crippen molar-refractivity contribution in [3.8, 4) is 0 Å². The second-order valence-electron chi connectivity index (χ2n) is 7.89. The molecule has 3 aromatic carbocycles. The van der Waals surface area contributed by atoms with Crippen LogP contribution in [0.1, 0.15) is 11.1 Å². The van der Waals surface area contributed by atoms with E-state index < -0.39 is 14.8 Å². The van der Waals surface area contributed by atoms with Crippen LogP contribution in [0.5, 0.6) is 0 Å². The molecular weight excluding hydrogens is 426 g/mol. The van der Waals surface area contributed by atoms with Crippen LogP contribution in [0.4, 0.5) is 11.4 Å². The number of anilines is 1. The van der Waals surface area contributed by atoms with Crippen LogP contribution in [0, 0.1) is 10.1 Å². The molecule has 1 aliphatic rings. The van der Waals surface area contributed by atoms with Crippen molar-refractivity contribution in [2.45, 2.75) is 17.2 Å². The summed E-state index contributed by atoms with van der Waals surface area (Å²) in [5.74, 6) is -0.280. The second kappa shape index (κ2) is 9.50. The number of piperazine rings is 1. The topological polar surface area (TPSA) is 83.8 Å². The lowest BCUT2D eigenvalue weighted by Crippen LogP contribution is -2.46. The standard InChI is InChI=1S/C24H25N3O4S/c28-27(29)22-11-12-24(21(17-22)19-32(30,31)23-9-5-2-6-10-23)26-15-13-25(14-16-26)18-20-7-3-1-4-8-20/h1-12,17H,13-16,18-19H2. The van der Waals surface area contributed by atoms with Crippen LogP contribution in [0.15, 0.2) is 83.8 Å². The molecule has 1 saturated heterocycles. The number of sulfone groups is 1. The number of non-ortho nitro benzene ring substituents is 1. The Balaban J connectivity index is 1.54. The Hall–Kier alpha value is -3.23. The van der Waals surface area contributed by atoms with E-state index >= 15 is 0 Å². The fraction of sp³-hybridized carbons (Fsp3) is 0.250. The highest BCUT2D eigenvalue weighted by molar-refractivity contribution is 7.90. The maximum atomic E-state index is 13.0. The summed E-state index contributed by atoms with van der Waals surface area (Å²) in [5, 5.41) is 11.3. The van der Waals surface area contributed by atoms with Crippen molar-refractivity contribution in [1.82, 2.24) is 4.90 Å². The Morgan fingerprint density at radius 1 is 0.844 bits per heavy atom. The van der Waals surface area contributed by atoms with Gasteiger partial charge in [0.2, 0.25) is 0 Å². The third-order valence-electron chi connectivity index (χ3n) is 5.68. The van der Waals surface area contributed by atoms with Gasteiger partial charge in [-0.1, -0.05) is 48.5 Å². The molecule has 1 aliphatic heterocycles. The van der Waals surface area contributed by atoms with Crippen molar-refractivity contribution in [2.24, 2.45) is 0 Å². The van der Waals surface area contributed by atoms with Crippen LogP contribution in [-0.4, -0.2) is 44.4 Å². The summed E-state index contributed by atoms with van der Waals surface area (Å²) >= 11 is 0. The molecule has 0 N–H and O–H groups in total. The van der Waals surface area contributed by atoms with Crippen molar-refractivity contribution >= 4 is 21.2 Å². The van der Waals surface area contributed by atoms with Crippen molar-refractivity contribution in [2.75, 3.05) is 31.1 Å². The summed E-state index contributed by atoms with van der Waals surface area (Å²) in [6.07, 6.45) is 0. The van der Waals surface area contributed by atoms with Crippen molar-refractivity contribution in [3.63, 3.8) is 0 Å². The van der Waals surface area contributed by atoms with E-state index in [-0.39, 0.29) is 16.3 Å². The number of nitrogens with zero attached hydrogens (tertiary/aromatic N) is 3. The van der Waals surface area contributed by atoms with E-state index in [2.05, 4.69) is 21.9 Å². The van der Waals surface area contributed by atoms with Crippen molar-refractivity contribution < 1.29 is 13.3 Å². The number of hydrogen-bond acceptors (Lipinski definition) is 6. The van der Waals surface area contributed by atoms with Gasteiger partial charge in [-0.2, -0.15) is 0 Å². The van der Waals surface area contributed by atoms with Crippen LogP contribution in [0.2, 0.25) is 0 Å². The molecule has 3 aromatic rings. The van der Waals surface area contributed by atoms with Crippen LogP contribution >= 0.6 is 0 Å². The molecule has 0 atom stereocenters. The molecular formula is C24H25N3O4S. The smallest absolute Gasteiger partial charge is 0.269 e. The predicted octanol–water partition coefficient (Wildman–Crippen LogP) is 3.89. The fourth-order valence-electron chi connectivity index (χ4n) is 4.01. The minimum absolute atomic E-state index is 0.102. The fourth-order valence-corrected chi connectivity index (χ4v) is 5.39. The van der Waals surface area contributed by atoms with E-state index in [9.17, 15) is 18.5 Å². The van der Waals surface area contributed by atoms with Crippen LogP contribution in [0.3, 0.4) is 0 Å². The van der Waals surface area contributed by atoms with Gasteiger partial charge in [-0.05, 0) is 29.3 Å². The van der Waals surface area contributed by atoms with Crippen molar-refractivity contribution in [3.05, 3.63) is 100 Å². The average molecular weight is 452 g/mol. The normalized spacial score (nSPS) is 14.9. The van der Waals surface area contributed by atoms with Gasteiger partial charge in [0.1, 0.15) is 0 Å².